The number of likely N-dealkylation sites (tertiary alicyclic amines) is 1. The lowest BCUT2D eigenvalue weighted by Gasteiger charge is -2.24. The Balaban J connectivity index is 2.08. The average Bonchev–Trinajstić information content (AvgIpc) is 2.80. The Bertz CT molecular complexity index is 477. The van der Waals surface area contributed by atoms with Gasteiger partial charge in [0.25, 0.3) is 0 Å². The fourth-order valence-electron chi connectivity index (χ4n) is 2.57. The van der Waals surface area contributed by atoms with Crippen molar-refractivity contribution < 1.29 is 9.18 Å². The van der Waals surface area contributed by atoms with E-state index in [2.05, 4.69) is 6.92 Å². The Labute approximate surface area is 113 Å². The van der Waals surface area contributed by atoms with Crippen LogP contribution in [0, 0.1) is 11.2 Å². The van der Waals surface area contributed by atoms with Crippen LogP contribution >= 0.6 is 0 Å². The lowest BCUT2D eigenvalue weighted by molar-refractivity contribution is -0.131. The molecule has 3 nitrogen and oxygen atoms in total. The lowest BCUT2D eigenvalue weighted by Crippen LogP contribution is -2.36. The number of nitrogens with zero attached hydrogens (tertiary/aromatic N) is 1. The first-order chi connectivity index (χ1) is 8.95. The summed E-state index contributed by atoms with van der Waals surface area (Å²) in [6, 6.07) is 6.26. The standard InChI is InChI=1S/C15H21FN2O/c1-11(12-4-3-5-13(16)8-12)14(19)18-7-6-15(2,9-17)10-18/h3-5,8,11H,6-7,9-10,17H2,1-2H3. The first-order valence-corrected chi connectivity index (χ1v) is 6.69. The summed E-state index contributed by atoms with van der Waals surface area (Å²) in [6.07, 6.45) is 0.936. The van der Waals surface area contributed by atoms with Crippen LogP contribution < -0.4 is 5.73 Å². The van der Waals surface area contributed by atoms with Crippen molar-refractivity contribution in [2.75, 3.05) is 19.6 Å². The van der Waals surface area contributed by atoms with Crippen molar-refractivity contribution in [2.24, 2.45) is 11.1 Å². The molecule has 2 atom stereocenters. The van der Waals surface area contributed by atoms with Gasteiger partial charge < -0.3 is 10.6 Å². The molecule has 1 aliphatic rings. The molecular weight excluding hydrogens is 243 g/mol. The Kier molecular flexibility index (Phi) is 3.90. The van der Waals surface area contributed by atoms with Gasteiger partial charge in [0.1, 0.15) is 5.82 Å². The van der Waals surface area contributed by atoms with E-state index in [9.17, 15) is 9.18 Å². The van der Waals surface area contributed by atoms with Crippen molar-refractivity contribution in [3.63, 3.8) is 0 Å². The molecule has 0 bridgehead atoms. The van der Waals surface area contributed by atoms with Gasteiger partial charge in [0.15, 0.2) is 0 Å². The molecule has 19 heavy (non-hydrogen) atoms. The second-order valence-electron chi connectivity index (χ2n) is 5.80. The smallest absolute Gasteiger partial charge is 0.229 e. The maximum absolute atomic E-state index is 13.2. The largest absolute Gasteiger partial charge is 0.342 e. The molecule has 1 aromatic carbocycles. The van der Waals surface area contributed by atoms with E-state index in [4.69, 9.17) is 5.73 Å². The molecule has 2 rings (SSSR count). The van der Waals surface area contributed by atoms with E-state index < -0.39 is 0 Å². The highest BCUT2D eigenvalue weighted by Gasteiger charge is 2.36. The molecule has 0 aromatic heterocycles. The molecule has 1 heterocycles. The van der Waals surface area contributed by atoms with Gasteiger partial charge in [-0.1, -0.05) is 19.1 Å². The monoisotopic (exact) mass is 264 g/mol. The number of nitrogens with two attached hydrogens (primary N) is 1. The number of halogens is 1. The van der Waals surface area contributed by atoms with E-state index in [0.29, 0.717) is 13.1 Å². The third kappa shape index (κ3) is 2.95. The van der Waals surface area contributed by atoms with Crippen LogP contribution in [0.2, 0.25) is 0 Å². The van der Waals surface area contributed by atoms with Gasteiger partial charge in [-0.3, -0.25) is 4.79 Å². The van der Waals surface area contributed by atoms with Crippen molar-refractivity contribution in [1.29, 1.82) is 0 Å². The summed E-state index contributed by atoms with van der Waals surface area (Å²) in [4.78, 5) is 14.3. The summed E-state index contributed by atoms with van der Waals surface area (Å²) in [6.45, 7) is 5.96. The highest BCUT2D eigenvalue weighted by molar-refractivity contribution is 5.83. The Morgan fingerprint density at radius 1 is 1.58 bits per heavy atom. The summed E-state index contributed by atoms with van der Waals surface area (Å²) >= 11 is 0. The number of rotatable bonds is 3. The van der Waals surface area contributed by atoms with Gasteiger partial charge >= 0.3 is 0 Å². The van der Waals surface area contributed by atoms with Crippen molar-refractivity contribution in [1.82, 2.24) is 4.90 Å². The van der Waals surface area contributed by atoms with Crippen LogP contribution in [0.1, 0.15) is 31.7 Å². The zero-order valence-electron chi connectivity index (χ0n) is 11.5. The van der Waals surface area contributed by atoms with Crippen molar-refractivity contribution in [3.05, 3.63) is 35.6 Å². The van der Waals surface area contributed by atoms with Crippen LogP contribution in [0.25, 0.3) is 0 Å². The van der Waals surface area contributed by atoms with Crippen LogP contribution in [0.5, 0.6) is 0 Å². The van der Waals surface area contributed by atoms with E-state index in [1.165, 1.54) is 12.1 Å². The summed E-state index contributed by atoms with van der Waals surface area (Å²) in [5.74, 6) is -0.552. The highest BCUT2D eigenvalue weighted by atomic mass is 19.1. The molecule has 0 radical (unpaired) electrons. The molecule has 104 valence electrons. The van der Waals surface area contributed by atoms with Crippen molar-refractivity contribution >= 4 is 5.91 Å². The molecule has 0 saturated carbocycles. The summed E-state index contributed by atoms with van der Waals surface area (Å²) in [7, 11) is 0. The molecule has 2 N–H and O–H groups in total. The third-order valence-electron chi connectivity index (χ3n) is 4.08. The average molecular weight is 264 g/mol. The molecule has 1 aliphatic heterocycles. The lowest BCUT2D eigenvalue weighted by atomic mass is 9.90. The number of hydrogen-bond donors (Lipinski definition) is 1. The number of carbonyl (C=O) groups excluding carboxylic acids is 1. The molecule has 1 fully saturated rings. The van der Waals surface area contributed by atoms with Crippen LogP contribution in [-0.2, 0) is 4.79 Å². The molecule has 0 spiro atoms. The molecule has 4 heteroatoms. The second-order valence-corrected chi connectivity index (χ2v) is 5.80. The zero-order valence-corrected chi connectivity index (χ0v) is 11.5. The minimum Gasteiger partial charge on any atom is -0.342 e. The fraction of sp³-hybridized carbons (Fsp3) is 0.533. The van der Waals surface area contributed by atoms with E-state index in [1.54, 1.807) is 12.1 Å². The predicted octanol–water partition coefficient (Wildman–Crippen LogP) is 2.13. The van der Waals surface area contributed by atoms with Gasteiger partial charge in [-0.15, -0.1) is 0 Å². The third-order valence-corrected chi connectivity index (χ3v) is 4.08. The van der Waals surface area contributed by atoms with E-state index >= 15 is 0 Å². The molecule has 1 saturated heterocycles. The van der Waals surface area contributed by atoms with Gasteiger partial charge in [0, 0.05) is 13.1 Å². The SMILES string of the molecule is CC(C(=O)N1CCC(C)(CN)C1)c1cccc(F)c1. The highest BCUT2D eigenvalue weighted by Crippen LogP contribution is 2.31. The normalized spacial score (nSPS) is 24.5. The van der Waals surface area contributed by atoms with Gasteiger partial charge in [-0.25, -0.2) is 4.39 Å². The second kappa shape index (κ2) is 5.29. The maximum atomic E-state index is 13.2. The quantitative estimate of drug-likeness (QED) is 0.909. The van der Waals surface area contributed by atoms with Crippen LogP contribution in [0.3, 0.4) is 0 Å². The fourth-order valence-corrected chi connectivity index (χ4v) is 2.57. The molecule has 1 aromatic rings. The zero-order chi connectivity index (χ0) is 14.0. The molecular formula is C15H21FN2O. The summed E-state index contributed by atoms with van der Waals surface area (Å²) < 4.78 is 13.2. The number of hydrogen-bond acceptors (Lipinski definition) is 2. The van der Waals surface area contributed by atoms with Gasteiger partial charge in [-0.05, 0) is 43.0 Å². The molecule has 0 aliphatic carbocycles. The predicted molar refractivity (Wildman–Crippen MR) is 73.2 cm³/mol. The minimum atomic E-state index is -0.309. The number of carbonyl (C=O) groups is 1. The van der Waals surface area contributed by atoms with E-state index in [1.807, 2.05) is 11.8 Å². The molecule has 2 unspecified atom stereocenters. The Morgan fingerprint density at radius 2 is 2.32 bits per heavy atom. The van der Waals surface area contributed by atoms with Crippen LogP contribution in [-0.4, -0.2) is 30.4 Å². The number of amides is 1. The van der Waals surface area contributed by atoms with Crippen LogP contribution in [0.4, 0.5) is 4.39 Å². The van der Waals surface area contributed by atoms with E-state index in [-0.39, 0.29) is 23.1 Å². The topological polar surface area (TPSA) is 46.3 Å². The Morgan fingerprint density at radius 3 is 2.89 bits per heavy atom. The Hall–Kier alpha value is -1.42. The summed E-state index contributed by atoms with van der Waals surface area (Å²) in [5, 5.41) is 0. The van der Waals surface area contributed by atoms with Crippen molar-refractivity contribution in [2.45, 2.75) is 26.2 Å². The minimum absolute atomic E-state index is 0.0251. The van der Waals surface area contributed by atoms with Gasteiger partial charge in [-0.2, -0.15) is 0 Å². The van der Waals surface area contributed by atoms with Crippen molar-refractivity contribution in [3.8, 4) is 0 Å². The van der Waals surface area contributed by atoms with E-state index in [0.717, 1.165) is 18.5 Å². The summed E-state index contributed by atoms with van der Waals surface area (Å²) in [5.41, 5.74) is 6.50. The number of benzene rings is 1. The first kappa shape index (κ1) is 14.0. The van der Waals surface area contributed by atoms with Crippen LogP contribution in [0.15, 0.2) is 24.3 Å². The molecule has 1 amide bonds. The maximum Gasteiger partial charge on any atom is 0.229 e. The van der Waals surface area contributed by atoms with Gasteiger partial charge in [0.05, 0.1) is 5.92 Å². The van der Waals surface area contributed by atoms with Gasteiger partial charge in [0.2, 0.25) is 5.91 Å². The first-order valence-electron chi connectivity index (χ1n) is 6.69.